The Morgan fingerprint density at radius 1 is 1.35 bits per heavy atom. The van der Waals surface area contributed by atoms with E-state index in [-0.39, 0.29) is 29.9 Å². The Morgan fingerprint density at radius 2 is 2.00 bits per heavy atom. The molecule has 0 radical (unpaired) electrons. The highest BCUT2D eigenvalue weighted by Gasteiger charge is 2.57. The first-order chi connectivity index (χ1) is 9.13. The van der Waals surface area contributed by atoms with Crippen LogP contribution in [0.15, 0.2) is 0 Å². The molecule has 0 saturated heterocycles. The van der Waals surface area contributed by atoms with Gasteiger partial charge in [0.2, 0.25) is 0 Å². The fraction of sp³-hybridized carbons (Fsp3) is 0.750. The summed E-state index contributed by atoms with van der Waals surface area (Å²) in [6, 6.07) is 0. The quantitative estimate of drug-likeness (QED) is 0.748. The first kappa shape index (κ1) is 13.8. The van der Waals surface area contributed by atoms with Gasteiger partial charge in [0, 0.05) is 30.1 Å². The van der Waals surface area contributed by atoms with Crippen molar-refractivity contribution in [2.45, 2.75) is 50.4 Å². The third-order valence-corrected chi connectivity index (χ3v) is 4.29. The van der Waals surface area contributed by atoms with Crippen LogP contribution in [0.1, 0.15) is 41.8 Å². The average molecular weight is 296 g/mol. The predicted octanol–water partition coefficient (Wildman–Crippen LogP) is 2.93. The number of rotatable bonds is 0. The van der Waals surface area contributed by atoms with Crippen molar-refractivity contribution in [2.24, 2.45) is 5.92 Å². The maximum atomic E-state index is 13.8. The van der Waals surface area contributed by atoms with Gasteiger partial charge in [0.05, 0.1) is 11.6 Å². The van der Waals surface area contributed by atoms with Gasteiger partial charge in [-0.25, -0.2) is 8.78 Å². The van der Waals surface area contributed by atoms with Crippen LogP contribution < -0.4 is 0 Å². The molecule has 2 aliphatic rings. The topological polar surface area (TPSA) is 38.0 Å². The van der Waals surface area contributed by atoms with E-state index in [2.05, 4.69) is 5.10 Å². The van der Waals surface area contributed by atoms with Crippen molar-refractivity contribution in [2.75, 3.05) is 0 Å². The molecule has 3 rings (SSSR count). The summed E-state index contributed by atoms with van der Waals surface area (Å²) < 4.78 is 68.2. The molecule has 1 N–H and O–H groups in total. The first-order valence-electron chi connectivity index (χ1n) is 6.32. The number of alkyl halides is 5. The van der Waals surface area contributed by atoms with E-state index < -0.39 is 36.5 Å². The highest BCUT2D eigenvalue weighted by atomic mass is 19.4. The van der Waals surface area contributed by atoms with Gasteiger partial charge in [-0.2, -0.15) is 18.3 Å². The number of aliphatic hydroxyl groups is 1. The number of hydrogen-bond acceptors (Lipinski definition) is 2. The van der Waals surface area contributed by atoms with Crippen molar-refractivity contribution in [1.29, 1.82) is 0 Å². The molecule has 0 bridgehead atoms. The molecule has 1 aromatic rings. The molecule has 0 spiro atoms. The van der Waals surface area contributed by atoms with Crippen LogP contribution in [-0.4, -0.2) is 27.0 Å². The van der Waals surface area contributed by atoms with Crippen LogP contribution in [0.2, 0.25) is 0 Å². The van der Waals surface area contributed by atoms with Crippen molar-refractivity contribution < 1.29 is 27.1 Å². The van der Waals surface area contributed by atoms with E-state index in [0.29, 0.717) is 0 Å². The Balaban J connectivity index is 2.17. The zero-order valence-corrected chi connectivity index (χ0v) is 10.6. The molecule has 1 aromatic heterocycles. The number of aryl methyl sites for hydroxylation is 2. The molecule has 0 aromatic carbocycles. The van der Waals surface area contributed by atoms with Crippen LogP contribution >= 0.6 is 0 Å². The minimum atomic E-state index is -4.52. The monoisotopic (exact) mass is 296 g/mol. The van der Waals surface area contributed by atoms with Crippen molar-refractivity contribution >= 4 is 0 Å². The fourth-order valence-electron chi connectivity index (χ4n) is 3.41. The molecule has 20 heavy (non-hydrogen) atoms. The second-order valence-electron chi connectivity index (χ2n) is 5.52. The Hall–Kier alpha value is -1.18. The Labute approximate surface area is 111 Å². The van der Waals surface area contributed by atoms with Gasteiger partial charge in [0.25, 0.3) is 5.92 Å². The molecule has 112 valence electrons. The van der Waals surface area contributed by atoms with Crippen LogP contribution in [0.3, 0.4) is 0 Å². The summed E-state index contributed by atoms with van der Waals surface area (Å²) in [5.74, 6) is -6.70. The van der Waals surface area contributed by atoms with Crippen LogP contribution in [0, 0.1) is 12.8 Å². The summed E-state index contributed by atoms with van der Waals surface area (Å²) in [4.78, 5) is 0. The fourth-order valence-corrected chi connectivity index (χ4v) is 3.41. The summed E-state index contributed by atoms with van der Waals surface area (Å²) >= 11 is 0. The van der Waals surface area contributed by atoms with Gasteiger partial charge in [0.1, 0.15) is 6.10 Å². The molecule has 0 amide bonds. The zero-order valence-electron chi connectivity index (χ0n) is 10.6. The molecule has 0 fully saturated rings. The molecule has 3 nitrogen and oxygen atoms in total. The van der Waals surface area contributed by atoms with Crippen molar-refractivity contribution in [3.05, 3.63) is 17.0 Å². The smallest absolute Gasteiger partial charge is 0.382 e. The molecule has 3 atom stereocenters. The second kappa shape index (κ2) is 3.93. The molecule has 8 heteroatoms. The Morgan fingerprint density at radius 3 is 2.60 bits per heavy atom. The van der Waals surface area contributed by atoms with Gasteiger partial charge in [-0.05, 0) is 13.3 Å². The SMILES string of the molecule is Cc1nn2c3c1[C@H](O)C(F)(F)CC3C(C(F)(F)F)CC2. The maximum Gasteiger partial charge on any atom is 0.392 e. The van der Waals surface area contributed by atoms with Gasteiger partial charge in [-0.15, -0.1) is 0 Å². The molecule has 1 aliphatic carbocycles. The number of halogens is 5. The van der Waals surface area contributed by atoms with Gasteiger partial charge in [-0.1, -0.05) is 0 Å². The lowest BCUT2D eigenvalue weighted by molar-refractivity contribution is -0.201. The van der Waals surface area contributed by atoms with Crippen molar-refractivity contribution in [3.63, 3.8) is 0 Å². The largest absolute Gasteiger partial charge is 0.392 e. The number of aromatic nitrogens is 2. The second-order valence-corrected chi connectivity index (χ2v) is 5.52. The standard InChI is InChI=1S/C12H13F5N2O/c1-5-8-9-6(4-11(13,14)10(8)20)7(12(15,16)17)2-3-19(9)18-5/h6-7,10,20H,2-4H2,1H3/t6?,7?,10-/m0/s1. The van der Waals surface area contributed by atoms with Crippen LogP contribution in [0.4, 0.5) is 22.0 Å². The van der Waals surface area contributed by atoms with Crippen LogP contribution in [0.5, 0.6) is 0 Å². The number of hydrogen-bond donors (Lipinski definition) is 1. The lowest BCUT2D eigenvalue weighted by Gasteiger charge is -2.41. The van der Waals surface area contributed by atoms with Crippen LogP contribution in [0.25, 0.3) is 0 Å². The van der Waals surface area contributed by atoms with E-state index in [1.54, 1.807) is 0 Å². The summed E-state index contributed by atoms with van der Waals surface area (Å²) in [7, 11) is 0. The minimum absolute atomic E-state index is 0.0368. The normalized spacial score (nSPS) is 32.0. The van der Waals surface area contributed by atoms with E-state index in [0.717, 1.165) is 0 Å². The van der Waals surface area contributed by atoms with Gasteiger partial charge in [-0.3, -0.25) is 4.68 Å². The number of nitrogens with zero attached hydrogens (tertiary/aromatic N) is 2. The number of aliphatic hydroxyl groups excluding tert-OH is 1. The molecular formula is C12H13F5N2O. The first-order valence-corrected chi connectivity index (χ1v) is 6.32. The molecule has 2 unspecified atom stereocenters. The van der Waals surface area contributed by atoms with E-state index >= 15 is 0 Å². The zero-order chi connectivity index (χ0) is 14.9. The highest BCUT2D eigenvalue weighted by molar-refractivity contribution is 5.37. The van der Waals surface area contributed by atoms with Gasteiger partial charge in [0.15, 0.2) is 0 Å². The van der Waals surface area contributed by atoms with E-state index in [1.807, 2.05) is 0 Å². The summed E-state index contributed by atoms with van der Waals surface area (Å²) in [5, 5.41) is 13.7. The lowest BCUT2D eigenvalue weighted by Crippen LogP contribution is -2.43. The molecular weight excluding hydrogens is 283 g/mol. The Bertz CT molecular complexity index is 551. The Kier molecular flexibility index (Phi) is 2.71. The van der Waals surface area contributed by atoms with Crippen molar-refractivity contribution in [3.8, 4) is 0 Å². The minimum Gasteiger partial charge on any atom is -0.382 e. The van der Waals surface area contributed by atoms with E-state index in [1.165, 1.54) is 11.6 Å². The summed E-state index contributed by atoms with van der Waals surface area (Å²) in [6.45, 7) is 1.47. The van der Waals surface area contributed by atoms with E-state index in [9.17, 15) is 27.1 Å². The third-order valence-electron chi connectivity index (χ3n) is 4.29. The maximum absolute atomic E-state index is 13.8. The van der Waals surface area contributed by atoms with Gasteiger partial charge >= 0.3 is 6.18 Å². The lowest BCUT2D eigenvalue weighted by atomic mass is 9.72. The average Bonchev–Trinajstić information content (AvgIpc) is 2.61. The molecule has 2 heterocycles. The third kappa shape index (κ3) is 1.77. The van der Waals surface area contributed by atoms with Gasteiger partial charge < -0.3 is 5.11 Å². The molecule has 0 saturated carbocycles. The predicted molar refractivity (Wildman–Crippen MR) is 58.4 cm³/mol. The van der Waals surface area contributed by atoms with Crippen molar-refractivity contribution in [1.82, 2.24) is 9.78 Å². The summed E-state index contributed by atoms with van der Waals surface area (Å²) in [6.07, 6.45) is -7.84. The van der Waals surface area contributed by atoms with E-state index in [4.69, 9.17) is 0 Å². The highest BCUT2D eigenvalue weighted by Crippen LogP contribution is 2.55. The summed E-state index contributed by atoms with van der Waals surface area (Å²) in [5.41, 5.74) is 0.189. The van der Waals surface area contributed by atoms with Crippen LogP contribution in [-0.2, 0) is 6.54 Å². The molecule has 1 aliphatic heterocycles.